The van der Waals surface area contributed by atoms with Crippen molar-refractivity contribution < 1.29 is 9.53 Å². The molecule has 0 radical (unpaired) electrons. The van der Waals surface area contributed by atoms with Gasteiger partial charge in [0.25, 0.3) is 0 Å². The summed E-state index contributed by atoms with van der Waals surface area (Å²) in [4.78, 5) is 20.0. The van der Waals surface area contributed by atoms with Crippen molar-refractivity contribution in [1.29, 1.82) is 0 Å². The number of imidazole rings is 1. The van der Waals surface area contributed by atoms with Crippen molar-refractivity contribution in [2.75, 3.05) is 26.8 Å². The molecule has 1 aliphatic heterocycles. The second kappa shape index (κ2) is 9.15. The summed E-state index contributed by atoms with van der Waals surface area (Å²) in [5.41, 5.74) is 3.30. The molecule has 0 aliphatic carbocycles. The average Bonchev–Trinajstić information content (AvgIpc) is 3.10. The van der Waals surface area contributed by atoms with Crippen LogP contribution in [-0.4, -0.2) is 47.2 Å². The van der Waals surface area contributed by atoms with Crippen LogP contribution in [0.1, 0.15) is 49.3 Å². The first-order valence-electron chi connectivity index (χ1n) is 9.72. The lowest BCUT2D eigenvalue weighted by Crippen LogP contribution is -2.45. The number of amides is 1. The molecule has 6 heteroatoms. The molecular weight excluding hydrogens is 340 g/mol. The van der Waals surface area contributed by atoms with E-state index in [4.69, 9.17) is 4.74 Å². The van der Waals surface area contributed by atoms with E-state index in [0.29, 0.717) is 13.2 Å². The highest BCUT2D eigenvalue weighted by Crippen LogP contribution is 2.32. The fourth-order valence-corrected chi connectivity index (χ4v) is 3.67. The number of carbonyl (C=O) groups excluding carboxylic acids is 1. The summed E-state index contributed by atoms with van der Waals surface area (Å²) in [6.45, 7) is 7.10. The third-order valence-corrected chi connectivity index (χ3v) is 5.03. The Morgan fingerprint density at radius 2 is 2.11 bits per heavy atom. The fourth-order valence-electron chi connectivity index (χ4n) is 3.67. The molecule has 1 aromatic carbocycles. The number of aromatic nitrogens is 2. The zero-order valence-corrected chi connectivity index (χ0v) is 16.5. The van der Waals surface area contributed by atoms with Crippen LogP contribution in [0.2, 0.25) is 0 Å². The minimum atomic E-state index is -0.318. The van der Waals surface area contributed by atoms with E-state index >= 15 is 0 Å². The van der Waals surface area contributed by atoms with E-state index in [1.807, 2.05) is 24.5 Å². The molecule has 1 amide bonds. The first-order valence-corrected chi connectivity index (χ1v) is 9.72. The molecule has 0 bridgehead atoms. The van der Waals surface area contributed by atoms with Crippen molar-refractivity contribution in [3.05, 3.63) is 53.6 Å². The first kappa shape index (κ1) is 19.6. The van der Waals surface area contributed by atoms with Gasteiger partial charge in [-0.2, -0.15) is 0 Å². The second-order valence-electron chi connectivity index (χ2n) is 7.32. The Hall–Kier alpha value is -2.18. The normalized spacial score (nSPS) is 17.1. The van der Waals surface area contributed by atoms with E-state index in [0.717, 1.165) is 37.3 Å². The first-order chi connectivity index (χ1) is 13.1. The lowest BCUT2D eigenvalue weighted by atomic mass is 10.00. The van der Waals surface area contributed by atoms with E-state index in [1.165, 1.54) is 5.56 Å². The summed E-state index contributed by atoms with van der Waals surface area (Å²) in [5, 5.41) is 3.10. The number of hydrogen-bond donors (Lipinski definition) is 1. The smallest absolute Gasteiger partial charge is 0.243 e. The topological polar surface area (TPSA) is 59.4 Å². The van der Waals surface area contributed by atoms with Crippen molar-refractivity contribution in [3.8, 4) is 0 Å². The van der Waals surface area contributed by atoms with Gasteiger partial charge in [0.1, 0.15) is 6.04 Å². The van der Waals surface area contributed by atoms with Gasteiger partial charge in [-0.25, -0.2) is 4.98 Å². The van der Waals surface area contributed by atoms with Crippen LogP contribution in [0.5, 0.6) is 0 Å². The SMILES string of the molecule is COCCCNC(=O)[C@H]1c2c(ncn2C(C)C)CCN1Cc1ccccc1. The van der Waals surface area contributed by atoms with Gasteiger partial charge in [-0.1, -0.05) is 30.3 Å². The van der Waals surface area contributed by atoms with Gasteiger partial charge < -0.3 is 14.6 Å². The molecule has 1 atom stereocenters. The van der Waals surface area contributed by atoms with E-state index < -0.39 is 0 Å². The number of carbonyl (C=O) groups is 1. The van der Waals surface area contributed by atoms with Crippen molar-refractivity contribution >= 4 is 5.91 Å². The second-order valence-corrected chi connectivity index (χ2v) is 7.32. The van der Waals surface area contributed by atoms with E-state index in [2.05, 4.69) is 45.7 Å². The van der Waals surface area contributed by atoms with Crippen LogP contribution in [0.4, 0.5) is 0 Å². The maximum Gasteiger partial charge on any atom is 0.243 e. The fraction of sp³-hybridized carbons (Fsp3) is 0.524. The van der Waals surface area contributed by atoms with E-state index in [1.54, 1.807) is 7.11 Å². The molecule has 2 aromatic rings. The average molecular weight is 370 g/mol. The van der Waals surface area contributed by atoms with Gasteiger partial charge in [0, 0.05) is 45.8 Å². The molecule has 27 heavy (non-hydrogen) atoms. The van der Waals surface area contributed by atoms with Gasteiger partial charge in [-0.3, -0.25) is 9.69 Å². The highest BCUT2D eigenvalue weighted by molar-refractivity contribution is 5.83. The summed E-state index contributed by atoms with van der Waals surface area (Å²) in [6, 6.07) is 10.3. The van der Waals surface area contributed by atoms with Gasteiger partial charge >= 0.3 is 0 Å². The van der Waals surface area contributed by atoms with Crippen molar-refractivity contribution in [3.63, 3.8) is 0 Å². The predicted octanol–water partition coefficient (Wildman–Crippen LogP) is 2.72. The van der Waals surface area contributed by atoms with Crippen LogP contribution < -0.4 is 5.32 Å². The lowest BCUT2D eigenvalue weighted by Gasteiger charge is -2.36. The maximum absolute atomic E-state index is 13.2. The molecular formula is C21H30N4O2. The van der Waals surface area contributed by atoms with E-state index in [-0.39, 0.29) is 18.0 Å². The summed E-state index contributed by atoms with van der Waals surface area (Å²) in [7, 11) is 1.68. The minimum absolute atomic E-state index is 0.0467. The third-order valence-electron chi connectivity index (χ3n) is 5.03. The molecule has 0 fully saturated rings. The molecule has 1 aliphatic rings. The van der Waals surface area contributed by atoms with Crippen LogP contribution in [0.15, 0.2) is 36.7 Å². The molecule has 0 saturated heterocycles. The van der Waals surface area contributed by atoms with Gasteiger partial charge in [0.15, 0.2) is 0 Å². The standard InChI is InChI=1S/C21H30N4O2/c1-16(2)25-15-23-18-10-12-24(14-17-8-5-4-6-9-17)20(19(18)25)21(26)22-11-7-13-27-3/h4-6,8-9,15-16,20H,7,10-14H2,1-3H3,(H,22,26)/t20-/m1/s1. The highest BCUT2D eigenvalue weighted by Gasteiger charge is 2.36. The van der Waals surface area contributed by atoms with Crippen molar-refractivity contribution in [2.45, 2.75) is 45.3 Å². The van der Waals surface area contributed by atoms with Gasteiger partial charge in [0.05, 0.1) is 17.7 Å². The van der Waals surface area contributed by atoms with Crippen LogP contribution in [0, 0.1) is 0 Å². The quantitative estimate of drug-likeness (QED) is 0.726. The van der Waals surface area contributed by atoms with E-state index in [9.17, 15) is 4.79 Å². The Kier molecular flexibility index (Phi) is 6.63. The molecule has 1 aromatic heterocycles. The highest BCUT2D eigenvalue weighted by atomic mass is 16.5. The third kappa shape index (κ3) is 4.57. The number of fused-ring (bicyclic) bond motifs is 1. The number of nitrogens with zero attached hydrogens (tertiary/aromatic N) is 3. The Labute approximate surface area is 161 Å². The molecule has 1 N–H and O–H groups in total. The Balaban J connectivity index is 1.86. The summed E-state index contributed by atoms with van der Waals surface area (Å²) >= 11 is 0. The minimum Gasteiger partial charge on any atom is -0.385 e. The molecule has 146 valence electrons. The van der Waals surface area contributed by atoms with Crippen LogP contribution in [0.3, 0.4) is 0 Å². The number of nitrogens with one attached hydrogen (secondary N) is 1. The summed E-state index contributed by atoms with van der Waals surface area (Å²) in [5.74, 6) is 0.0467. The monoisotopic (exact) mass is 370 g/mol. The zero-order valence-electron chi connectivity index (χ0n) is 16.5. The van der Waals surface area contributed by atoms with Crippen LogP contribution >= 0.6 is 0 Å². The number of hydrogen-bond acceptors (Lipinski definition) is 4. The van der Waals surface area contributed by atoms with Gasteiger partial charge in [0.2, 0.25) is 5.91 Å². The van der Waals surface area contributed by atoms with Gasteiger partial charge in [-0.15, -0.1) is 0 Å². The number of ether oxygens (including phenoxy) is 1. The molecule has 0 unspecified atom stereocenters. The van der Waals surface area contributed by atoms with Crippen LogP contribution in [0.25, 0.3) is 0 Å². The number of methoxy groups -OCH3 is 1. The Bertz CT molecular complexity index is 742. The van der Waals surface area contributed by atoms with Gasteiger partial charge in [-0.05, 0) is 25.8 Å². The Morgan fingerprint density at radius 3 is 2.81 bits per heavy atom. The maximum atomic E-state index is 13.2. The van der Waals surface area contributed by atoms with Crippen molar-refractivity contribution in [2.24, 2.45) is 0 Å². The molecule has 6 nitrogen and oxygen atoms in total. The van der Waals surface area contributed by atoms with Crippen LogP contribution in [-0.2, 0) is 22.5 Å². The number of benzene rings is 1. The zero-order chi connectivity index (χ0) is 19.2. The molecule has 2 heterocycles. The molecule has 0 saturated carbocycles. The Morgan fingerprint density at radius 1 is 1.33 bits per heavy atom. The largest absolute Gasteiger partial charge is 0.385 e. The number of rotatable bonds is 8. The lowest BCUT2D eigenvalue weighted by molar-refractivity contribution is -0.127. The molecule has 3 rings (SSSR count). The molecule has 0 spiro atoms. The summed E-state index contributed by atoms with van der Waals surface area (Å²) in [6.07, 6.45) is 3.56. The summed E-state index contributed by atoms with van der Waals surface area (Å²) < 4.78 is 7.23. The van der Waals surface area contributed by atoms with Crippen molar-refractivity contribution in [1.82, 2.24) is 19.8 Å². The predicted molar refractivity (Wildman–Crippen MR) is 105 cm³/mol.